The second-order valence-corrected chi connectivity index (χ2v) is 6.09. The topological polar surface area (TPSA) is 37.4 Å². The van der Waals surface area contributed by atoms with Crippen LogP contribution in [0, 0.1) is 0 Å². The fourth-order valence-electron chi connectivity index (χ4n) is 2.94. The van der Waals surface area contributed by atoms with Gasteiger partial charge in [0.15, 0.2) is 0 Å². The highest BCUT2D eigenvalue weighted by molar-refractivity contribution is 6.32. The minimum Gasteiger partial charge on any atom is -0.366 e. The first-order valence-electron chi connectivity index (χ1n) is 7.33. The maximum Gasteiger partial charge on any atom is 0.417 e. The van der Waals surface area contributed by atoms with Gasteiger partial charge in [0, 0.05) is 25.3 Å². The molecule has 122 valence electrons. The van der Waals surface area contributed by atoms with E-state index in [4.69, 9.17) is 16.4 Å². The van der Waals surface area contributed by atoms with Crippen molar-refractivity contribution in [3.63, 3.8) is 0 Å². The molecule has 0 unspecified atom stereocenters. The molecule has 0 bridgehead atoms. The van der Waals surface area contributed by atoms with Crippen LogP contribution in [-0.4, -0.2) is 35.3 Å². The van der Waals surface area contributed by atoms with Crippen LogP contribution in [0.4, 0.5) is 19.0 Å². The van der Waals surface area contributed by atoms with Crippen LogP contribution in [0.2, 0.25) is 5.02 Å². The Morgan fingerprint density at radius 1 is 1.41 bits per heavy atom. The van der Waals surface area contributed by atoms with Crippen LogP contribution >= 0.6 is 11.6 Å². The molecule has 0 spiro atoms. The van der Waals surface area contributed by atoms with E-state index in [1.807, 2.05) is 5.06 Å². The molecule has 3 heterocycles. The number of aromatic nitrogens is 1. The smallest absolute Gasteiger partial charge is 0.366 e. The summed E-state index contributed by atoms with van der Waals surface area (Å²) in [6.45, 7) is 1.42. The van der Waals surface area contributed by atoms with Gasteiger partial charge in [0.2, 0.25) is 0 Å². The van der Waals surface area contributed by atoms with Gasteiger partial charge >= 0.3 is 6.18 Å². The van der Waals surface area contributed by atoms with Crippen molar-refractivity contribution in [2.75, 3.05) is 18.4 Å². The van der Waals surface area contributed by atoms with E-state index in [0.717, 1.165) is 38.1 Å². The van der Waals surface area contributed by atoms with Crippen molar-refractivity contribution in [3.05, 3.63) is 22.8 Å². The summed E-state index contributed by atoms with van der Waals surface area (Å²) in [6, 6.07) is 1.34. The number of hydroxylamine groups is 2. The highest BCUT2D eigenvalue weighted by Crippen LogP contribution is 2.33. The van der Waals surface area contributed by atoms with Crippen molar-refractivity contribution in [1.82, 2.24) is 10.0 Å². The third kappa shape index (κ3) is 3.47. The molecule has 8 heteroatoms. The Morgan fingerprint density at radius 3 is 2.91 bits per heavy atom. The molecule has 2 aliphatic rings. The number of pyridine rings is 1. The number of hydrogen-bond acceptors (Lipinski definition) is 4. The van der Waals surface area contributed by atoms with Gasteiger partial charge in [-0.2, -0.15) is 18.2 Å². The zero-order chi connectivity index (χ0) is 15.7. The number of nitrogens with one attached hydrogen (secondary N) is 1. The predicted molar refractivity (Wildman–Crippen MR) is 76.6 cm³/mol. The fraction of sp³-hybridized carbons (Fsp3) is 0.643. The van der Waals surface area contributed by atoms with E-state index < -0.39 is 11.7 Å². The maximum absolute atomic E-state index is 12.6. The fourth-order valence-corrected chi connectivity index (χ4v) is 3.17. The zero-order valence-electron chi connectivity index (χ0n) is 11.9. The second kappa shape index (κ2) is 6.22. The van der Waals surface area contributed by atoms with Gasteiger partial charge in [-0.05, 0) is 25.3 Å². The van der Waals surface area contributed by atoms with Crippen LogP contribution < -0.4 is 5.32 Å². The quantitative estimate of drug-likeness (QED) is 0.913. The highest BCUT2D eigenvalue weighted by atomic mass is 35.5. The zero-order valence-corrected chi connectivity index (χ0v) is 12.6. The molecule has 3 rings (SSSR count). The van der Waals surface area contributed by atoms with Crippen LogP contribution in [-0.2, 0) is 11.0 Å². The minimum atomic E-state index is -4.44. The molecule has 2 saturated heterocycles. The first-order valence-corrected chi connectivity index (χ1v) is 7.71. The van der Waals surface area contributed by atoms with Crippen molar-refractivity contribution < 1.29 is 18.0 Å². The molecule has 0 aliphatic carbocycles. The number of alkyl halides is 3. The van der Waals surface area contributed by atoms with E-state index in [0.29, 0.717) is 12.6 Å². The molecular weight excluding hydrogens is 319 g/mol. The maximum atomic E-state index is 12.6. The van der Waals surface area contributed by atoms with Gasteiger partial charge in [-0.1, -0.05) is 18.0 Å². The van der Waals surface area contributed by atoms with Crippen LogP contribution in [0.1, 0.15) is 31.2 Å². The van der Waals surface area contributed by atoms with E-state index in [1.165, 1.54) is 6.42 Å². The Labute approximate surface area is 131 Å². The average Bonchev–Trinajstić information content (AvgIpc) is 2.87. The molecule has 22 heavy (non-hydrogen) atoms. The Balaban J connectivity index is 1.58. The molecule has 1 aromatic heterocycles. The third-order valence-corrected chi connectivity index (χ3v) is 4.35. The molecule has 2 atom stereocenters. The first-order chi connectivity index (χ1) is 10.4. The molecule has 2 aliphatic heterocycles. The van der Waals surface area contributed by atoms with Crippen LogP contribution in [0.3, 0.4) is 0 Å². The Bertz CT molecular complexity index is 527. The van der Waals surface area contributed by atoms with Crippen molar-refractivity contribution in [2.24, 2.45) is 0 Å². The van der Waals surface area contributed by atoms with Crippen LogP contribution in [0.25, 0.3) is 0 Å². The Kier molecular flexibility index (Phi) is 4.47. The van der Waals surface area contributed by atoms with Crippen LogP contribution in [0.15, 0.2) is 12.3 Å². The number of halogens is 4. The van der Waals surface area contributed by atoms with Gasteiger partial charge in [-0.15, -0.1) is 0 Å². The van der Waals surface area contributed by atoms with Crippen molar-refractivity contribution in [1.29, 1.82) is 0 Å². The SMILES string of the molecule is FC(F)(F)c1cnc(NC[C@H]2C[C@@H]3CCCCN3O2)c(Cl)c1. The van der Waals surface area contributed by atoms with Gasteiger partial charge in [-0.3, -0.25) is 4.84 Å². The van der Waals surface area contributed by atoms with Gasteiger partial charge in [-0.25, -0.2) is 4.98 Å². The summed E-state index contributed by atoms with van der Waals surface area (Å²) in [5, 5.41) is 4.97. The van der Waals surface area contributed by atoms with Crippen LogP contribution in [0.5, 0.6) is 0 Å². The summed E-state index contributed by atoms with van der Waals surface area (Å²) in [5.74, 6) is 0.253. The lowest BCUT2D eigenvalue weighted by atomic mass is 10.0. The normalized spacial score (nSPS) is 26.0. The van der Waals surface area contributed by atoms with E-state index in [2.05, 4.69) is 10.3 Å². The summed E-state index contributed by atoms with van der Waals surface area (Å²) in [4.78, 5) is 9.59. The Hall–Kier alpha value is -1.05. The predicted octanol–water partition coefficient (Wildman–Crippen LogP) is 3.72. The first kappa shape index (κ1) is 15.8. The summed E-state index contributed by atoms with van der Waals surface area (Å²) in [5.41, 5.74) is -0.850. The molecule has 2 fully saturated rings. The molecular formula is C14H17ClF3N3O. The van der Waals surface area contributed by atoms with E-state index in [-0.39, 0.29) is 16.9 Å². The molecule has 0 radical (unpaired) electrons. The lowest BCUT2D eigenvalue weighted by molar-refractivity contribution is -0.167. The number of fused-ring (bicyclic) bond motifs is 1. The average molecular weight is 336 g/mol. The molecule has 1 aromatic rings. The van der Waals surface area contributed by atoms with E-state index >= 15 is 0 Å². The second-order valence-electron chi connectivity index (χ2n) is 5.69. The number of piperidine rings is 1. The third-order valence-electron chi connectivity index (χ3n) is 4.06. The van der Waals surface area contributed by atoms with Gasteiger partial charge in [0.1, 0.15) is 5.82 Å². The number of rotatable bonds is 3. The minimum absolute atomic E-state index is 0.00302. The lowest BCUT2D eigenvalue weighted by Crippen LogP contribution is -2.33. The molecule has 0 aromatic carbocycles. The summed E-state index contributed by atoms with van der Waals surface area (Å²) < 4.78 is 37.7. The van der Waals surface area contributed by atoms with Gasteiger partial charge < -0.3 is 5.32 Å². The van der Waals surface area contributed by atoms with Gasteiger partial charge in [0.25, 0.3) is 0 Å². The number of anilines is 1. The standard InChI is InChI=1S/C14H17ClF3N3O/c15-12-5-9(14(16,17)18)7-19-13(12)20-8-11-6-10-3-1-2-4-21(10)22-11/h5,7,10-11H,1-4,6,8H2,(H,19,20)/t10-,11+/m0/s1. The largest absolute Gasteiger partial charge is 0.417 e. The van der Waals surface area contributed by atoms with Crippen molar-refractivity contribution in [2.45, 2.75) is 44.0 Å². The highest BCUT2D eigenvalue weighted by Gasteiger charge is 2.35. The molecule has 4 nitrogen and oxygen atoms in total. The van der Waals surface area contributed by atoms with Crippen molar-refractivity contribution >= 4 is 17.4 Å². The van der Waals surface area contributed by atoms with E-state index in [9.17, 15) is 13.2 Å². The summed E-state index contributed by atoms with van der Waals surface area (Å²) in [7, 11) is 0. The van der Waals surface area contributed by atoms with Crippen molar-refractivity contribution in [3.8, 4) is 0 Å². The molecule has 1 N–H and O–H groups in total. The monoisotopic (exact) mass is 335 g/mol. The number of hydrogen-bond donors (Lipinski definition) is 1. The molecule has 0 saturated carbocycles. The molecule has 0 amide bonds. The summed E-state index contributed by atoms with van der Waals surface area (Å²) >= 11 is 5.87. The van der Waals surface area contributed by atoms with Gasteiger partial charge in [0.05, 0.1) is 16.7 Å². The number of nitrogens with zero attached hydrogens (tertiary/aromatic N) is 2. The lowest BCUT2D eigenvalue weighted by Gasteiger charge is -2.26. The summed E-state index contributed by atoms with van der Waals surface area (Å²) in [6.07, 6.45) is 0.768. The van der Waals surface area contributed by atoms with E-state index in [1.54, 1.807) is 0 Å². The Morgan fingerprint density at radius 2 is 2.23 bits per heavy atom.